The third-order valence-electron chi connectivity index (χ3n) is 8.47. The Morgan fingerprint density at radius 2 is 1.97 bits per heavy atom. The third kappa shape index (κ3) is 4.02. The van der Waals surface area contributed by atoms with Crippen LogP contribution in [0.3, 0.4) is 0 Å². The van der Waals surface area contributed by atoms with Crippen LogP contribution in [0.4, 0.5) is 5.82 Å². The molecule has 3 aromatic rings. The van der Waals surface area contributed by atoms with Gasteiger partial charge in [-0.15, -0.1) is 5.10 Å². The molecular weight excluding hydrogens is 480 g/mol. The SMILES string of the molecule is Cc1ccc(C#N)c(C2CC(NC(=O)c3cn(C(C)c4cnc(N5C[C@H]6C[C@H]6C5=O)c(C)c4C)nn3)C2)n1. The number of hydrogen-bond acceptors (Lipinski definition) is 7. The Kier molecular flexibility index (Phi) is 5.74. The zero-order chi connectivity index (χ0) is 26.7. The van der Waals surface area contributed by atoms with E-state index < -0.39 is 0 Å². The number of nitriles is 1. The van der Waals surface area contributed by atoms with Crippen LogP contribution >= 0.6 is 0 Å². The van der Waals surface area contributed by atoms with Crippen molar-refractivity contribution in [1.29, 1.82) is 5.26 Å². The predicted molar refractivity (Wildman–Crippen MR) is 138 cm³/mol. The summed E-state index contributed by atoms with van der Waals surface area (Å²) in [6.07, 6.45) is 5.95. The summed E-state index contributed by atoms with van der Waals surface area (Å²) in [4.78, 5) is 36.5. The van der Waals surface area contributed by atoms with Gasteiger partial charge in [0.15, 0.2) is 5.69 Å². The number of piperidine rings is 1. The average Bonchev–Trinajstić information content (AvgIpc) is 3.33. The van der Waals surface area contributed by atoms with E-state index in [9.17, 15) is 14.9 Å². The van der Waals surface area contributed by atoms with Gasteiger partial charge in [0.25, 0.3) is 5.91 Å². The lowest BCUT2D eigenvalue weighted by atomic mass is 9.76. The van der Waals surface area contributed by atoms with E-state index in [0.717, 1.165) is 59.7 Å². The summed E-state index contributed by atoms with van der Waals surface area (Å²) in [7, 11) is 0. The van der Waals surface area contributed by atoms with Gasteiger partial charge in [0.2, 0.25) is 5.91 Å². The number of rotatable bonds is 6. The van der Waals surface area contributed by atoms with Gasteiger partial charge in [-0.2, -0.15) is 5.26 Å². The van der Waals surface area contributed by atoms with Crippen LogP contribution < -0.4 is 10.2 Å². The summed E-state index contributed by atoms with van der Waals surface area (Å²) in [6.45, 7) is 8.70. The van der Waals surface area contributed by atoms with Crippen LogP contribution in [0.25, 0.3) is 0 Å². The van der Waals surface area contributed by atoms with Crippen molar-refractivity contribution in [1.82, 2.24) is 30.3 Å². The molecule has 0 spiro atoms. The Hall–Kier alpha value is -4.13. The zero-order valence-corrected chi connectivity index (χ0v) is 22.0. The third-order valence-corrected chi connectivity index (χ3v) is 8.47. The molecule has 1 aliphatic heterocycles. The van der Waals surface area contributed by atoms with E-state index in [4.69, 9.17) is 0 Å². The molecular formula is C28H30N8O2. The summed E-state index contributed by atoms with van der Waals surface area (Å²) >= 11 is 0. The number of hydrogen-bond donors (Lipinski definition) is 1. The summed E-state index contributed by atoms with van der Waals surface area (Å²) in [5.74, 6) is 1.51. The highest BCUT2D eigenvalue weighted by molar-refractivity contribution is 5.99. The Labute approximate surface area is 221 Å². The van der Waals surface area contributed by atoms with E-state index in [1.165, 1.54) is 0 Å². The summed E-state index contributed by atoms with van der Waals surface area (Å²) in [5, 5.41) is 20.8. The predicted octanol–water partition coefficient (Wildman–Crippen LogP) is 3.13. The van der Waals surface area contributed by atoms with Gasteiger partial charge in [-0.05, 0) is 81.7 Å². The number of carbonyl (C=O) groups is 2. The van der Waals surface area contributed by atoms with E-state index >= 15 is 0 Å². The molecule has 6 rings (SSSR count). The molecule has 1 saturated heterocycles. The number of anilines is 1. The molecule has 3 aromatic heterocycles. The quantitative estimate of drug-likeness (QED) is 0.539. The zero-order valence-electron chi connectivity index (χ0n) is 22.0. The van der Waals surface area contributed by atoms with Crippen molar-refractivity contribution in [2.75, 3.05) is 11.4 Å². The molecule has 3 fully saturated rings. The van der Waals surface area contributed by atoms with E-state index in [-0.39, 0.29) is 41.4 Å². The first-order valence-corrected chi connectivity index (χ1v) is 13.1. The Morgan fingerprint density at radius 1 is 1.18 bits per heavy atom. The minimum absolute atomic E-state index is 0.00454. The van der Waals surface area contributed by atoms with Gasteiger partial charge in [0.1, 0.15) is 11.9 Å². The molecule has 3 aliphatic rings. The number of nitrogens with zero attached hydrogens (tertiary/aromatic N) is 7. The fourth-order valence-electron chi connectivity index (χ4n) is 5.78. The molecule has 10 heteroatoms. The van der Waals surface area contributed by atoms with Crippen LogP contribution in [-0.2, 0) is 4.79 Å². The van der Waals surface area contributed by atoms with Crippen LogP contribution in [0.5, 0.6) is 0 Å². The monoisotopic (exact) mass is 510 g/mol. The lowest BCUT2D eigenvalue weighted by Crippen LogP contribution is -2.43. The first kappa shape index (κ1) is 24.2. The number of nitrogens with one attached hydrogen (secondary N) is 1. The van der Waals surface area contributed by atoms with Gasteiger partial charge in [-0.25, -0.2) is 9.67 Å². The largest absolute Gasteiger partial charge is 0.348 e. The maximum Gasteiger partial charge on any atom is 0.273 e. The van der Waals surface area contributed by atoms with E-state index in [1.54, 1.807) is 10.9 Å². The molecule has 38 heavy (non-hydrogen) atoms. The van der Waals surface area contributed by atoms with Gasteiger partial charge in [0.05, 0.1) is 23.5 Å². The molecule has 1 unspecified atom stereocenters. The van der Waals surface area contributed by atoms with Crippen LogP contribution in [0.1, 0.15) is 82.3 Å². The van der Waals surface area contributed by atoms with Gasteiger partial charge < -0.3 is 5.32 Å². The Balaban J connectivity index is 1.11. The van der Waals surface area contributed by atoms with Crippen molar-refractivity contribution < 1.29 is 9.59 Å². The molecule has 3 atom stereocenters. The number of aromatic nitrogens is 5. The second-order valence-electron chi connectivity index (χ2n) is 10.9. The molecule has 194 valence electrons. The standard InChI is InChI=1S/C28H30N8O2/c1-14-5-6-18(10-29)25(31-14)19-7-21(8-19)32-27(37)24-13-36(34-33-24)17(4)23-11-30-26(16(3)15(23)2)35-12-20-9-22(20)28(35)38/h5-6,11,13,17,19-22H,7-9,12H2,1-4H3,(H,32,37)/t17?,19?,20-,21?,22-/m1/s1. The summed E-state index contributed by atoms with van der Waals surface area (Å²) < 4.78 is 1.67. The number of amides is 2. The molecule has 4 heterocycles. The first-order valence-electron chi connectivity index (χ1n) is 13.1. The fourth-order valence-corrected chi connectivity index (χ4v) is 5.78. The molecule has 0 aromatic carbocycles. The molecule has 10 nitrogen and oxygen atoms in total. The van der Waals surface area contributed by atoms with E-state index in [2.05, 4.69) is 31.7 Å². The Bertz CT molecular complexity index is 1500. The van der Waals surface area contributed by atoms with Crippen molar-refractivity contribution in [3.63, 3.8) is 0 Å². The molecule has 0 radical (unpaired) electrons. The van der Waals surface area contributed by atoms with Crippen LogP contribution in [-0.4, -0.2) is 49.4 Å². The van der Waals surface area contributed by atoms with Crippen LogP contribution in [0.2, 0.25) is 0 Å². The van der Waals surface area contributed by atoms with Crippen molar-refractivity contribution >= 4 is 17.6 Å². The normalized spacial score (nSPS) is 24.4. The van der Waals surface area contributed by atoms with Crippen LogP contribution in [0, 0.1) is 43.9 Å². The lowest BCUT2D eigenvalue weighted by molar-refractivity contribution is -0.118. The minimum atomic E-state index is -0.267. The molecule has 1 N–H and O–H groups in total. The summed E-state index contributed by atoms with van der Waals surface area (Å²) in [5.41, 5.74) is 5.57. The van der Waals surface area contributed by atoms with Crippen LogP contribution in [0.15, 0.2) is 24.5 Å². The second kappa shape index (κ2) is 9.01. The van der Waals surface area contributed by atoms with Crippen molar-refractivity contribution in [3.05, 3.63) is 63.9 Å². The van der Waals surface area contributed by atoms with Gasteiger partial charge in [-0.1, -0.05) is 5.21 Å². The van der Waals surface area contributed by atoms with E-state index in [0.29, 0.717) is 11.5 Å². The molecule has 2 aliphatic carbocycles. The number of pyridine rings is 2. The average molecular weight is 511 g/mol. The highest BCUT2D eigenvalue weighted by Crippen LogP contribution is 2.47. The summed E-state index contributed by atoms with van der Waals surface area (Å²) in [6, 6.07) is 5.69. The van der Waals surface area contributed by atoms with E-state index in [1.807, 2.05) is 50.9 Å². The minimum Gasteiger partial charge on any atom is -0.348 e. The first-order chi connectivity index (χ1) is 18.2. The smallest absolute Gasteiger partial charge is 0.273 e. The van der Waals surface area contributed by atoms with Gasteiger partial charge >= 0.3 is 0 Å². The number of aryl methyl sites for hydroxylation is 1. The number of fused-ring (bicyclic) bond motifs is 1. The van der Waals surface area contributed by atoms with Crippen molar-refractivity contribution in [3.8, 4) is 6.07 Å². The molecule has 2 saturated carbocycles. The highest BCUT2D eigenvalue weighted by Gasteiger charge is 2.53. The molecule has 2 amide bonds. The Morgan fingerprint density at radius 3 is 2.68 bits per heavy atom. The van der Waals surface area contributed by atoms with Gasteiger partial charge in [-0.3, -0.25) is 19.5 Å². The maximum atomic E-state index is 12.9. The lowest BCUT2D eigenvalue weighted by Gasteiger charge is -2.35. The highest BCUT2D eigenvalue weighted by atomic mass is 16.2. The molecule has 0 bridgehead atoms. The van der Waals surface area contributed by atoms with Crippen molar-refractivity contribution in [2.45, 2.75) is 65.0 Å². The van der Waals surface area contributed by atoms with Gasteiger partial charge in [0, 0.05) is 36.3 Å². The maximum absolute atomic E-state index is 12.9. The fraction of sp³-hybridized carbons (Fsp3) is 0.464. The topological polar surface area (TPSA) is 130 Å². The number of carbonyl (C=O) groups excluding carboxylic acids is 2. The second-order valence-corrected chi connectivity index (χ2v) is 10.9. The van der Waals surface area contributed by atoms with Crippen molar-refractivity contribution in [2.24, 2.45) is 11.8 Å².